The minimum absolute atomic E-state index is 0.0612. The number of hydrogen-bond donors (Lipinski definition) is 0. The molecule has 0 spiro atoms. The maximum atomic E-state index is 6.18. The van der Waals surface area contributed by atoms with Gasteiger partial charge < -0.3 is 14.4 Å². The van der Waals surface area contributed by atoms with Crippen LogP contribution in [0, 0.1) is 0 Å². The van der Waals surface area contributed by atoms with Crippen LogP contribution < -0.4 is 4.90 Å². The van der Waals surface area contributed by atoms with Crippen molar-refractivity contribution in [1.29, 1.82) is 0 Å². The van der Waals surface area contributed by atoms with Gasteiger partial charge in [0.15, 0.2) is 0 Å². The standard InChI is InChI=1S/C19H19ClN4O2/c20-13-2-3-15-16(8-13)21-6-4-17(15)23-9-18-19(10-23)26-12-14(11-25-18)24-7-1-5-22-24/h1-8,14,18-19H,9-12H2/t18-,19-/m0/s1. The minimum Gasteiger partial charge on any atom is -0.371 e. The van der Waals surface area contributed by atoms with Crippen LogP contribution in [-0.2, 0) is 9.47 Å². The number of anilines is 1. The summed E-state index contributed by atoms with van der Waals surface area (Å²) in [7, 11) is 0. The molecule has 0 unspecified atom stereocenters. The van der Waals surface area contributed by atoms with E-state index in [0.29, 0.717) is 18.2 Å². The molecule has 26 heavy (non-hydrogen) atoms. The Bertz CT molecular complexity index is 901. The van der Waals surface area contributed by atoms with E-state index in [0.717, 1.165) is 29.7 Å². The Morgan fingerprint density at radius 3 is 2.58 bits per heavy atom. The summed E-state index contributed by atoms with van der Waals surface area (Å²) in [5, 5.41) is 6.11. The van der Waals surface area contributed by atoms with Gasteiger partial charge in [0.2, 0.25) is 0 Å². The van der Waals surface area contributed by atoms with Crippen LogP contribution in [0.5, 0.6) is 0 Å². The molecular formula is C19H19ClN4O2. The lowest BCUT2D eigenvalue weighted by Gasteiger charge is -2.21. The van der Waals surface area contributed by atoms with Crippen LogP contribution in [0.3, 0.4) is 0 Å². The zero-order valence-electron chi connectivity index (χ0n) is 14.2. The van der Waals surface area contributed by atoms with Crippen molar-refractivity contribution >= 4 is 28.2 Å². The number of pyridine rings is 1. The van der Waals surface area contributed by atoms with Gasteiger partial charge in [0.1, 0.15) is 12.2 Å². The molecule has 6 nitrogen and oxygen atoms in total. The van der Waals surface area contributed by atoms with Crippen molar-refractivity contribution in [3.63, 3.8) is 0 Å². The van der Waals surface area contributed by atoms with E-state index in [1.165, 1.54) is 0 Å². The number of benzene rings is 1. The first kappa shape index (κ1) is 16.1. The van der Waals surface area contributed by atoms with Crippen LogP contribution in [0.15, 0.2) is 48.9 Å². The Hall–Kier alpha value is -2.15. The first-order valence-electron chi connectivity index (χ1n) is 8.79. The average molecular weight is 371 g/mol. The van der Waals surface area contributed by atoms with Gasteiger partial charge in [0, 0.05) is 47.8 Å². The van der Waals surface area contributed by atoms with Gasteiger partial charge in [-0.3, -0.25) is 9.67 Å². The highest BCUT2D eigenvalue weighted by Crippen LogP contribution is 2.32. The van der Waals surface area contributed by atoms with Gasteiger partial charge in [-0.25, -0.2) is 0 Å². The number of fused-ring (bicyclic) bond motifs is 2. The van der Waals surface area contributed by atoms with Crippen LogP contribution in [-0.4, -0.2) is 53.3 Å². The fourth-order valence-corrected chi connectivity index (χ4v) is 3.98. The third-order valence-corrected chi connectivity index (χ3v) is 5.38. The van der Waals surface area contributed by atoms with Gasteiger partial charge >= 0.3 is 0 Å². The van der Waals surface area contributed by atoms with E-state index in [-0.39, 0.29) is 18.2 Å². The fourth-order valence-electron chi connectivity index (χ4n) is 3.81. The van der Waals surface area contributed by atoms with E-state index in [2.05, 4.69) is 15.0 Å². The molecule has 2 fully saturated rings. The number of nitrogens with zero attached hydrogens (tertiary/aromatic N) is 4. The van der Waals surface area contributed by atoms with Crippen molar-refractivity contribution in [2.45, 2.75) is 18.2 Å². The van der Waals surface area contributed by atoms with Crippen molar-refractivity contribution in [2.75, 3.05) is 31.2 Å². The normalized spacial score (nSPS) is 24.0. The highest BCUT2D eigenvalue weighted by molar-refractivity contribution is 6.31. The molecule has 0 aliphatic carbocycles. The largest absolute Gasteiger partial charge is 0.371 e. The molecule has 3 aromatic rings. The summed E-state index contributed by atoms with van der Waals surface area (Å²) in [6.07, 6.45) is 5.70. The summed E-state index contributed by atoms with van der Waals surface area (Å²) < 4.78 is 14.3. The van der Waals surface area contributed by atoms with Gasteiger partial charge in [0.05, 0.1) is 24.8 Å². The molecule has 2 atom stereocenters. The molecule has 134 valence electrons. The Kier molecular flexibility index (Phi) is 4.04. The van der Waals surface area contributed by atoms with Gasteiger partial charge in [0.25, 0.3) is 0 Å². The molecule has 1 aromatic carbocycles. The van der Waals surface area contributed by atoms with Crippen LogP contribution in [0.2, 0.25) is 5.02 Å². The molecule has 0 N–H and O–H groups in total. The van der Waals surface area contributed by atoms with Crippen LogP contribution in [0.4, 0.5) is 5.69 Å². The topological polar surface area (TPSA) is 52.4 Å². The summed E-state index contributed by atoms with van der Waals surface area (Å²) in [5.41, 5.74) is 2.05. The second kappa shape index (κ2) is 6.54. The molecule has 0 radical (unpaired) electrons. The number of rotatable bonds is 2. The van der Waals surface area contributed by atoms with Crippen LogP contribution >= 0.6 is 11.6 Å². The van der Waals surface area contributed by atoms with Gasteiger partial charge in [-0.1, -0.05) is 11.6 Å². The third kappa shape index (κ3) is 2.84. The summed E-state index contributed by atoms with van der Waals surface area (Å²) in [6.45, 7) is 2.84. The molecular weight excluding hydrogens is 352 g/mol. The molecule has 0 saturated carbocycles. The quantitative estimate of drug-likeness (QED) is 0.694. The van der Waals surface area contributed by atoms with Crippen LogP contribution in [0.25, 0.3) is 10.9 Å². The lowest BCUT2D eigenvalue weighted by Crippen LogP contribution is -2.27. The highest BCUT2D eigenvalue weighted by Gasteiger charge is 2.38. The molecule has 0 bridgehead atoms. The molecule has 4 heterocycles. The monoisotopic (exact) mass is 370 g/mol. The fraction of sp³-hybridized carbons (Fsp3) is 0.368. The highest BCUT2D eigenvalue weighted by atomic mass is 35.5. The first-order chi connectivity index (χ1) is 12.8. The van der Waals surface area contributed by atoms with E-state index in [4.69, 9.17) is 21.1 Å². The molecule has 2 saturated heterocycles. The number of halogens is 1. The zero-order chi connectivity index (χ0) is 17.5. The van der Waals surface area contributed by atoms with E-state index >= 15 is 0 Å². The van der Waals surface area contributed by atoms with Crippen molar-refractivity contribution in [1.82, 2.24) is 14.8 Å². The Morgan fingerprint density at radius 2 is 1.85 bits per heavy atom. The third-order valence-electron chi connectivity index (χ3n) is 5.14. The zero-order valence-corrected chi connectivity index (χ0v) is 14.9. The number of hydrogen-bond acceptors (Lipinski definition) is 5. The van der Waals surface area contributed by atoms with Gasteiger partial charge in [-0.05, 0) is 30.3 Å². The van der Waals surface area contributed by atoms with Crippen molar-refractivity contribution in [2.24, 2.45) is 0 Å². The Morgan fingerprint density at radius 1 is 1.04 bits per heavy atom. The predicted molar refractivity (Wildman–Crippen MR) is 99.7 cm³/mol. The molecule has 7 heteroatoms. The summed E-state index contributed by atoms with van der Waals surface area (Å²) in [5.74, 6) is 0. The lowest BCUT2D eigenvalue weighted by atomic mass is 10.2. The van der Waals surface area contributed by atoms with Crippen LogP contribution in [0.1, 0.15) is 6.04 Å². The lowest BCUT2D eigenvalue weighted by molar-refractivity contribution is -0.00461. The molecule has 0 amide bonds. The van der Waals surface area contributed by atoms with Crippen molar-refractivity contribution < 1.29 is 9.47 Å². The van der Waals surface area contributed by atoms with E-state index in [9.17, 15) is 0 Å². The Labute approximate surface area is 156 Å². The van der Waals surface area contributed by atoms with Crippen molar-refractivity contribution in [3.8, 4) is 0 Å². The van der Waals surface area contributed by atoms with E-state index < -0.39 is 0 Å². The van der Waals surface area contributed by atoms with Gasteiger partial charge in [-0.2, -0.15) is 5.10 Å². The maximum absolute atomic E-state index is 6.18. The smallest absolute Gasteiger partial charge is 0.103 e. The molecule has 2 aliphatic heterocycles. The van der Waals surface area contributed by atoms with Crippen molar-refractivity contribution in [3.05, 3.63) is 53.9 Å². The number of aromatic nitrogens is 3. The second-order valence-electron chi connectivity index (χ2n) is 6.78. The summed E-state index contributed by atoms with van der Waals surface area (Å²) >= 11 is 6.10. The minimum atomic E-state index is 0.0612. The van der Waals surface area contributed by atoms with E-state index in [1.807, 2.05) is 47.4 Å². The molecule has 5 rings (SSSR count). The maximum Gasteiger partial charge on any atom is 0.103 e. The first-order valence-corrected chi connectivity index (χ1v) is 9.17. The summed E-state index contributed by atoms with van der Waals surface area (Å²) in [4.78, 5) is 6.76. The average Bonchev–Trinajstić information content (AvgIpc) is 3.28. The predicted octanol–water partition coefficient (Wildman–Crippen LogP) is 2.93. The number of ether oxygens (including phenoxy) is 2. The van der Waals surface area contributed by atoms with Gasteiger partial charge in [-0.15, -0.1) is 0 Å². The second-order valence-corrected chi connectivity index (χ2v) is 7.22. The Balaban J connectivity index is 1.36. The molecule has 2 aromatic heterocycles. The summed E-state index contributed by atoms with van der Waals surface area (Å²) in [6, 6.07) is 9.94. The molecule has 2 aliphatic rings. The van der Waals surface area contributed by atoms with E-state index in [1.54, 1.807) is 6.20 Å². The SMILES string of the molecule is Clc1ccc2c(N3C[C@@H]4OCC(n5cccn5)CO[C@H]4C3)ccnc2c1.